The van der Waals surface area contributed by atoms with Crippen LogP contribution < -0.4 is 4.74 Å². The third-order valence-corrected chi connectivity index (χ3v) is 5.08. The van der Waals surface area contributed by atoms with Crippen LogP contribution in [0.1, 0.15) is 19.3 Å². The van der Waals surface area contributed by atoms with Gasteiger partial charge in [-0.1, -0.05) is 0 Å². The zero-order valence-corrected chi connectivity index (χ0v) is 15.0. The van der Waals surface area contributed by atoms with Crippen LogP contribution in [0, 0.1) is 5.82 Å². The van der Waals surface area contributed by atoms with Crippen molar-refractivity contribution in [2.75, 3.05) is 52.5 Å². The molecule has 2 aliphatic heterocycles. The number of benzene rings is 1. The molecule has 1 aromatic rings. The lowest BCUT2D eigenvalue weighted by molar-refractivity contribution is -0.160. The first kappa shape index (κ1) is 19.1. The van der Waals surface area contributed by atoms with E-state index in [-0.39, 0.29) is 11.7 Å². The van der Waals surface area contributed by atoms with Crippen LogP contribution in [0.25, 0.3) is 0 Å². The quantitative estimate of drug-likeness (QED) is 0.769. The summed E-state index contributed by atoms with van der Waals surface area (Å²) in [5, 5.41) is 10.7. The van der Waals surface area contributed by atoms with Crippen molar-refractivity contribution in [2.45, 2.75) is 24.9 Å². The highest BCUT2D eigenvalue weighted by molar-refractivity contribution is 5.85. The van der Waals surface area contributed by atoms with Crippen LogP contribution >= 0.6 is 0 Å². The Bertz CT molecular complexity index is 582. The number of piperidine rings is 1. The molecule has 3 rings (SSSR count). The van der Waals surface area contributed by atoms with Gasteiger partial charge in [-0.2, -0.15) is 0 Å². The van der Waals surface area contributed by atoms with E-state index in [0.717, 1.165) is 13.0 Å². The zero-order chi connectivity index (χ0) is 18.4. The monoisotopic (exact) mass is 366 g/mol. The average molecular weight is 366 g/mol. The molecule has 0 unspecified atom stereocenters. The molecular weight excluding hydrogens is 339 g/mol. The number of carbonyl (C=O) groups excluding carboxylic acids is 1. The van der Waals surface area contributed by atoms with Gasteiger partial charge in [-0.25, -0.2) is 4.39 Å². The molecule has 0 atom stereocenters. The molecule has 26 heavy (non-hydrogen) atoms. The molecule has 7 heteroatoms. The van der Waals surface area contributed by atoms with Gasteiger partial charge in [-0.3, -0.25) is 4.79 Å². The number of likely N-dealkylation sites (tertiary alicyclic amines) is 1. The average Bonchev–Trinajstić information content (AvgIpc) is 2.68. The summed E-state index contributed by atoms with van der Waals surface area (Å²) in [4.78, 5) is 16.5. The molecular formula is C19H27FN2O4. The SMILES string of the molecule is O=C(N1CCOCC1)C1(O)CCN(CCCOc2ccc(F)cc2)CC1. The first-order chi connectivity index (χ1) is 12.6. The van der Waals surface area contributed by atoms with Gasteiger partial charge in [0.25, 0.3) is 5.91 Å². The molecule has 1 amide bonds. The number of rotatable bonds is 6. The Morgan fingerprint density at radius 1 is 1.15 bits per heavy atom. The predicted molar refractivity (Wildman–Crippen MR) is 94.5 cm³/mol. The second kappa shape index (κ2) is 8.79. The van der Waals surface area contributed by atoms with Crippen molar-refractivity contribution in [2.24, 2.45) is 0 Å². The van der Waals surface area contributed by atoms with E-state index in [4.69, 9.17) is 9.47 Å². The summed E-state index contributed by atoms with van der Waals surface area (Å²) in [7, 11) is 0. The number of morpholine rings is 1. The van der Waals surface area contributed by atoms with Crippen LogP contribution in [0.3, 0.4) is 0 Å². The van der Waals surface area contributed by atoms with Crippen molar-refractivity contribution < 1.29 is 23.8 Å². The molecule has 2 saturated heterocycles. The van der Waals surface area contributed by atoms with Gasteiger partial charge in [-0.15, -0.1) is 0 Å². The molecule has 2 aliphatic rings. The van der Waals surface area contributed by atoms with Gasteiger partial charge in [0.2, 0.25) is 0 Å². The molecule has 0 saturated carbocycles. The van der Waals surface area contributed by atoms with E-state index >= 15 is 0 Å². The molecule has 0 aromatic heterocycles. The normalized spacial score (nSPS) is 20.8. The Kier molecular flexibility index (Phi) is 6.45. The molecule has 0 aliphatic carbocycles. The summed E-state index contributed by atoms with van der Waals surface area (Å²) in [6, 6.07) is 6.00. The number of hydrogen-bond donors (Lipinski definition) is 1. The van der Waals surface area contributed by atoms with Gasteiger partial charge < -0.3 is 24.4 Å². The maximum absolute atomic E-state index is 12.8. The van der Waals surface area contributed by atoms with Gasteiger partial charge in [0.15, 0.2) is 0 Å². The predicted octanol–water partition coefficient (Wildman–Crippen LogP) is 1.28. The fourth-order valence-electron chi connectivity index (χ4n) is 3.43. The number of nitrogens with zero attached hydrogens (tertiary/aromatic N) is 2. The lowest BCUT2D eigenvalue weighted by atomic mass is 9.89. The lowest BCUT2D eigenvalue weighted by Gasteiger charge is -2.40. The summed E-state index contributed by atoms with van der Waals surface area (Å²) < 4.78 is 23.7. The highest BCUT2D eigenvalue weighted by Crippen LogP contribution is 2.25. The van der Waals surface area contributed by atoms with Crippen LogP contribution in [-0.4, -0.2) is 79.0 Å². The van der Waals surface area contributed by atoms with E-state index in [1.54, 1.807) is 17.0 Å². The Labute approximate surface area is 153 Å². The third kappa shape index (κ3) is 4.93. The van der Waals surface area contributed by atoms with E-state index in [1.165, 1.54) is 12.1 Å². The third-order valence-electron chi connectivity index (χ3n) is 5.08. The topological polar surface area (TPSA) is 62.2 Å². The van der Waals surface area contributed by atoms with E-state index in [0.29, 0.717) is 64.6 Å². The minimum atomic E-state index is -1.24. The fourth-order valence-corrected chi connectivity index (χ4v) is 3.43. The first-order valence-corrected chi connectivity index (χ1v) is 9.27. The lowest BCUT2D eigenvalue weighted by Crippen LogP contribution is -2.57. The second-order valence-corrected chi connectivity index (χ2v) is 6.93. The Balaban J connectivity index is 1.36. The molecule has 0 spiro atoms. The summed E-state index contributed by atoms with van der Waals surface area (Å²) in [6.45, 7) is 5.01. The van der Waals surface area contributed by atoms with Crippen molar-refractivity contribution in [3.8, 4) is 5.75 Å². The van der Waals surface area contributed by atoms with Crippen LogP contribution in [-0.2, 0) is 9.53 Å². The van der Waals surface area contributed by atoms with Crippen molar-refractivity contribution in [1.29, 1.82) is 0 Å². The summed E-state index contributed by atoms with van der Waals surface area (Å²) in [5.41, 5.74) is -1.24. The van der Waals surface area contributed by atoms with Gasteiger partial charge >= 0.3 is 0 Å². The molecule has 0 bridgehead atoms. The van der Waals surface area contributed by atoms with Crippen LogP contribution in [0.5, 0.6) is 5.75 Å². The number of hydrogen-bond acceptors (Lipinski definition) is 5. The summed E-state index contributed by atoms with van der Waals surface area (Å²) in [6.07, 6.45) is 1.76. The Morgan fingerprint density at radius 2 is 1.81 bits per heavy atom. The number of halogens is 1. The fraction of sp³-hybridized carbons (Fsp3) is 0.632. The molecule has 6 nitrogen and oxygen atoms in total. The van der Waals surface area contributed by atoms with Gasteiger partial charge in [0.05, 0.1) is 19.8 Å². The molecule has 0 radical (unpaired) electrons. The van der Waals surface area contributed by atoms with Crippen molar-refractivity contribution in [1.82, 2.24) is 9.80 Å². The van der Waals surface area contributed by atoms with E-state index in [9.17, 15) is 14.3 Å². The smallest absolute Gasteiger partial charge is 0.254 e. The maximum Gasteiger partial charge on any atom is 0.254 e. The Hall–Kier alpha value is -1.70. The zero-order valence-electron chi connectivity index (χ0n) is 15.0. The van der Waals surface area contributed by atoms with E-state index in [2.05, 4.69) is 4.90 Å². The first-order valence-electron chi connectivity index (χ1n) is 9.27. The minimum absolute atomic E-state index is 0.153. The minimum Gasteiger partial charge on any atom is -0.494 e. The number of aliphatic hydroxyl groups is 1. The number of amides is 1. The second-order valence-electron chi connectivity index (χ2n) is 6.93. The van der Waals surface area contributed by atoms with Crippen molar-refractivity contribution >= 4 is 5.91 Å². The molecule has 144 valence electrons. The standard InChI is InChI=1S/C19H27FN2O4/c20-16-2-4-17(5-3-16)26-13-1-8-21-9-6-19(24,7-10-21)18(23)22-11-14-25-15-12-22/h2-5,24H,1,6-15H2. The summed E-state index contributed by atoms with van der Waals surface area (Å²) >= 11 is 0. The van der Waals surface area contributed by atoms with Crippen molar-refractivity contribution in [3.05, 3.63) is 30.1 Å². The number of ether oxygens (including phenoxy) is 2. The van der Waals surface area contributed by atoms with Crippen molar-refractivity contribution in [3.63, 3.8) is 0 Å². The molecule has 2 heterocycles. The summed E-state index contributed by atoms with van der Waals surface area (Å²) in [5.74, 6) is 0.236. The van der Waals surface area contributed by atoms with Gasteiger partial charge in [0, 0.05) is 32.7 Å². The highest BCUT2D eigenvalue weighted by atomic mass is 19.1. The van der Waals surface area contributed by atoms with Crippen LogP contribution in [0.2, 0.25) is 0 Å². The molecule has 1 aromatic carbocycles. The largest absolute Gasteiger partial charge is 0.494 e. The Morgan fingerprint density at radius 3 is 2.46 bits per heavy atom. The van der Waals surface area contributed by atoms with E-state index in [1.807, 2.05) is 0 Å². The highest BCUT2D eigenvalue weighted by Gasteiger charge is 2.42. The maximum atomic E-state index is 12.8. The molecule has 1 N–H and O–H groups in total. The van der Waals surface area contributed by atoms with E-state index < -0.39 is 5.60 Å². The van der Waals surface area contributed by atoms with Gasteiger partial charge in [0.1, 0.15) is 17.2 Å². The van der Waals surface area contributed by atoms with Gasteiger partial charge in [-0.05, 0) is 43.5 Å². The van der Waals surface area contributed by atoms with Crippen LogP contribution in [0.4, 0.5) is 4.39 Å². The number of carbonyl (C=O) groups is 1. The molecule has 2 fully saturated rings. The van der Waals surface area contributed by atoms with Crippen LogP contribution in [0.15, 0.2) is 24.3 Å².